The summed E-state index contributed by atoms with van der Waals surface area (Å²) in [5.74, 6) is 0. The van der Waals surface area contributed by atoms with Crippen molar-refractivity contribution in [1.82, 2.24) is 0 Å². The van der Waals surface area contributed by atoms with Crippen LogP contribution in [-0.4, -0.2) is 5.11 Å². The lowest BCUT2D eigenvalue weighted by molar-refractivity contribution is 0.219. The number of aryl methyl sites for hydroxylation is 2. The molecular weight excluding hydrogens is 232 g/mol. The molecule has 1 nitrogen and oxygen atoms in total. The van der Waals surface area contributed by atoms with Gasteiger partial charge in [0.05, 0.1) is 0 Å². The number of benzene rings is 2. The van der Waals surface area contributed by atoms with Crippen LogP contribution in [0.5, 0.6) is 0 Å². The van der Waals surface area contributed by atoms with Gasteiger partial charge in [-0.05, 0) is 42.7 Å². The Morgan fingerprint density at radius 3 is 2.29 bits per heavy atom. The van der Waals surface area contributed by atoms with Crippen LogP contribution in [0.15, 0.2) is 42.5 Å². The number of rotatable bonds is 2. The number of hydrogen-bond donors (Lipinski definition) is 1. The van der Waals surface area contributed by atoms with Crippen molar-refractivity contribution >= 4 is 11.6 Å². The minimum absolute atomic E-state index is 0.591. The Hall–Kier alpha value is -1.31. The lowest BCUT2D eigenvalue weighted by atomic mass is 9.96. The highest BCUT2D eigenvalue weighted by Crippen LogP contribution is 2.26. The summed E-state index contributed by atoms with van der Waals surface area (Å²) in [6.07, 6.45) is -0.591. The zero-order valence-corrected chi connectivity index (χ0v) is 10.7. The predicted molar refractivity (Wildman–Crippen MR) is 71.4 cm³/mol. The van der Waals surface area contributed by atoms with Gasteiger partial charge < -0.3 is 5.11 Å². The first-order valence-electron chi connectivity index (χ1n) is 5.58. The highest BCUT2D eigenvalue weighted by molar-refractivity contribution is 6.30. The van der Waals surface area contributed by atoms with Crippen LogP contribution in [0.1, 0.15) is 28.4 Å². The van der Waals surface area contributed by atoms with Gasteiger partial charge in [-0.15, -0.1) is 0 Å². The summed E-state index contributed by atoms with van der Waals surface area (Å²) < 4.78 is 0. The first-order chi connectivity index (χ1) is 8.08. The largest absolute Gasteiger partial charge is 0.384 e. The summed E-state index contributed by atoms with van der Waals surface area (Å²) in [5, 5.41) is 11.0. The van der Waals surface area contributed by atoms with Gasteiger partial charge in [-0.1, -0.05) is 47.5 Å². The molecule has 0 amide bonds. The molecule has 0 heterocycles. The van der Waals surface area contributed by atoms with E-state index in [-0.39, 0.29) is 0 Å². The second-order valence-corrected chi connectivity index (χ2v) is 4.75. The molecule has 2 aromatic rings. The fourth-order valence-corrected chi connectivity index (χ4v) is 2.01. The minimum atomic E-state index is -0.591. The van der Waals surface area contributed by atoms with Gasteiger partial charge in [0.15, 0.2) is 0 Å². The highest BCUT2D eigenvalue weighted by Gasteiger charge is 2.12. The summed E-state index contributed by atoms with van der Waals surface area (Å²) >= 11 is 5.84. The topological polar surface area (TPSA) is 20.2 Å². The molecule has 0 unspecified atom stereocenters. The monoisotopic (exact) mass is 246 g/mol. The van der Waals surface area contributed by atoms with Gasteiger partial charge >= 0.3 is 0 Å². The maximum atomic E-state index is 10.3. The fraction of sp³-hybridized carbons (Fsp3) is 0.200. The quantitative estimate of drug-likeness (QED) is 0.848. The van der Waals surface area contributed by atoms with Crippen LogP contribution in [0.25, 0.3) is 0 Å². The van der Waals surface area contributed by atoms with Crippen molar-refractivity contribution in [2.24, 2.45) is 0 Å². The summed E-state index contributed by atoms with van der Waals surface area (Å²) in [6.45, 7) is 4.03. The molecule has 17 heavy (non-hydrogen) atoms. The molecule has 2 rings (SSSR count). The molecule has 0 aliphatic heterocycles. The summed E-state index contributed by atoms with van der Waals surface area (Å²) in [6, 6.07) is 13.4. The third-order valence-electron chi connectivity index (χ3n) is 2.92. The average Bonchev–Trinajstić information content (AvgIpc) is 2.32. The smallest absolute Gasteiger partial charge is 0.104 e. The van der Waals surface area contributed by atoms with Crippen LogP contribution in [0.3, 0.4) is 0 Å². The summed E-state index contributed by atoms with van der Waals surface area (Å²) in [7, 11) is 0. The Morgan fingerprint density at radius 2 is 1.65 bits per heavy atom. The minimum Gasteiger partial charge on any atom is -0.384 e. The molecule has 88 valence electrons. The van der Waals surface area contributed by atoms with Crippen molar-refractivity contribution in [3.8, 4) is 0 Å². The Balaban J connectivity index is 2.39. The van der Waals surface area contributed by atoms with E-state index in [9.17, 15) is 5.11 Å². The standard InChI is InChI=1S/C15H15ClO/c1-10-3-4-11(2)14(9-10)15(17)12-5-7-13(16)8-6-12/h3-9,15,17H,1-2H3/t15-/m0/s1. The molecule has 0 bridgehead atoms. The zero-order valence-electron chi connectivity index (χ0n) is 9.94. The van der Waals surface area contributed by atoms with E-state index >= 15 is 0 Å². The number of halogens is 1. The molecule has 0 aromatic heterocycles. The van der Waals surface area contributed by atoms with E-state index in [4.69, 9.17) is 11.6 Å². The maximum absolute atomic E-state index is 10.3. The Morgan fingerprint density at radius 1 is 1.00 bits per heavy atom. The van der Waals surface area contributed by atoms with Crippen molar-refractivity contribution in [2.45, 2.75) is 20.0 Å². The molecule has 0 spiro atoms. The van der Waals surface area contributed by atoms with Crippen LogP contribution in [0.4, 0.5) is 0 Å². The van der Waals surface area contributed by atoms with Gasteiger partial charge in [0.25, 0.3) is 0 Å². The fourth-order valence-electron chi connectivity index (χ4n) is 1.88. The van der Waals surface area contributed by atoms with Crippen molar-refractivity contribution < 1.29 is 5.11 Å². The van der Waals surface area contributed by atoms with Gasteiger partial charge in [-0.25, -0.2) is 0 Å². The number of aliphatic hydroxyl groups excluding tert-OH is 1. The van der Waals surface area contributed by atoms with Gasteiger partial charge in [0.1, 0.15) is 6.10 Å². The third kappa shape index (κ3) is 2.68. The molecule has 2 aromatic carbocycles. The second kappa shape index (κ2) is 4.91. The van der Waals surface area contributed by atoms with E-state index in [2.05, 4.69) is 0 Å². The van der Waals surface area contributed by atoms with E-state index in [1.807, 2.05) is 44.2 Å². The molecule has 0 saturated heterocycles. The molecule has 0 radical (unpaired) electrons. The molecular formula is C15H15ClO. The van der Waals surface area contributed by atoms with Gasteiger partial charge in [0, 0.05) is 5.02 Å². The summed E-state index contributed by atoms with van der Waals surface area (Å²) in [5.41, 5.74) is 4.06. The Bertz CT molecular complexity index is 517. The van der Waals surface area contributed by atoms with Crippen molar-refractivity contribution in [3.05, 3.63) is 69.7 Å². The van der Waals surface area contributed by atoms with Gasteiger partial charge in [-0.2, -0.15) is 0 Å². The van der Waals surface area contributed by atoms with Crippen LogP contribution in [0.2, 0.25) is 5.02 Å². The highest BCUT2D eigenvalue weighted by atomic mass is 35.5. The number of hydrogen-bond acceptors (Lipinski definition) is 1. The molecule has 2 heteroatoms. The Kier molecular flexibility index (Phi) is 3.51. The van der Waals surface area contributed by atoms with Crippen molar-refractivity contribution in [2.75, 3.05) is 0 Å². The Labute approximate surface area is 107 Å². The first-order valence-corrected chi connectivity index (χ1v) is 5.96. The van der Waals surface area contributed by atoms with Crippen LogP contribution < -0.4 is 0 Å². The normalized spacial score (nSPS) is 12.5. The van der Waals surface area contributed by atoms with E-state index in [0.29, 0.717) is 5.02 Å². The van der Waals surface area contributed by atoms with Crippen LogP contribution >= 0.6 is 11.6 Å². The van der Waals surface area contributed by atoms with Crippen LogP contribution in [0, 0.1) is 13.8 Å². The summed E-state index contributed by atoms with van der Waals surface area (Å²) in [4.78, 5) is 0. The zero-order chi connectivity index (χ0) is 12.4. The van der Waals surface area contributed by atoms with Crippen molar-refractivity contribution in [1.29, 1.82) is 0 Å². The average molecular weight is 247 g/mol. The molecule has 0 aliphatic carbocycles. The predicted octanol–water partition coefficient (Wildman–Crippen LogP) is 4.04. The molecule has 1 atom stereocenters. The van der Waals surface area contributed by atoms with E-state index in [1.54, 1.807) is 12.1 Å². The van der Waals surface area contributed by atoms with E-state index < -0.39 is 6.10 Å². The molecule has 0 saturated carbocycles. The van der Waals surface area contributed by atoms with Crippen molar-refractivity contribution in [3.63, 3.8) is 0 Å². The van der Waals surface area contributed by atoms with E-state index in [1.165, 1.54) is 0 Å². The third-order valence-corrected chi connectivity index (χ3v) is 3.17. The molecule has 0 fully saturated rings. The lowest BCUT2D eigenvalue weighted by Crippen LogP contribution is -2.02. The maximum Gasteiger partial charge on any atom is 0.104 e. The van der Waals surface area contributed by atoms with Gasteiger partial charge in [0.2, 0.25) is 0 Å². The second-order valence-electron chi connectivity index (χ2n) is 4.31. The SMILES string of the molecule is Cc1ccc(C)c([C@@H](O)c2ccc(Cl)cc2)c1. The van der Waals surface area contributed by atoms with E-state index in [0.717, 1.165) is 22.3 Å². The lowest BCUT2D eigenvalue weighted by Gasteiger charge is -2.15. The van der Waals surface area contributed by atoms with Crippen LogP contribution in [-0.2, 0) is 0 Å². The van der Waals surface area contributed by atoms with Gasteiger partial charge in [-0.3, -0.25) is 0 Å². The number of aliphatic hydroxyl groups is 1. The first kappa shape index (κ1) is 12.2. The molecule has 0 aliphatic rings. The molecule has 1 N–H and O–H groups in total.